The molecule has 0 aliphatic heterocycles. The lowest BCUT2D eigenvalue weighted by Gasteiger charge is -2.06. The molecule has 3 rings (SSSR count). The number of hydrogen-bond donors (Lipinski definition) is 0. The Balaban J connectivity index is 1.71. The molecular weight excluding hydrogens is 390 g/mol. The molecule has 0 N–H and O–H groups in total. The van der Waals surface area contributed by atoms with Gasteiger partial charge in [-0.05, 0) is 31.2 Å². The molecule has 26 heavy (non-hydrogen) atoms. The van der Waals surface area contributed by atoms with Crippen molar-refractivity contribution in [3.05, 3.63) is 45.4 Å². The number of benzene rings is 1. The summed E-state index contributed by atoms with van der Waals surface area (Å²) >= 11 is 8.50. The summed E-state index contributed by atoms with van der Waals surface area (Å²) in [4.78, 5) is 16.7. The Morgan fingerprint density at radius 3 is 2.73 bits per heavy atom. The number of carbonyl (C=O) groups is 1. The summed E-state index contributed by atoms with van der Waals surface area (Å²) in [7, 11) is 1.84. The first-order valence-electron chi connectivity index (χ1n) is 7.62. The van der Waals surface area contributed by atoms with Crippen molar-refractivity contribution in [3.63, 3.8) is 0 Å². The van der Waals surface area contributed by atoms with E-state index in [-0.39, 0.29) is 11.5 Å². The lowest BCUT2D eigenvalue weighted by atomic mass is 10.1. The minimum Gasteiger partial charge on any atom is -0.305 e. The minimum atomic E-state index is -0.842. The van der Waals surface area contributed by atoms with Gasteiger partial charge >= 0.3 is 0 Å². The van der Waals surface area contributed by atoms with E-state index in [9.17, 15) is 10.1 Å². The molecule has 2 aromatic heterocycles. The molecule has 0 saturated carbocycles. The topological polar surface area (TPSA) is 84.5 Å². The number of nitrogens with zero attached hydrogens (tertiary/aromatic N) is 5. The fourth-order valence-corrected chi connectivity index (χ4v) is 4.08. The number of carbonyl (C=O) groups excluding carboxylic acids is 1. The van der Waals surface area contributed by atoms with E-state index in [4.69, 9.17) is 11.6 Å². The molecule has 0 bridgehead atoms. The van der Waals surface area contributed by atoms with Crippen LogP contribution in [0.25, 0.3) is 11.4 Å². The van der Waals surface area contributed by atoms with Crippen molar-refractivity contribution in [3.8, 4) is 17.5 Å². The van der Waals surface area contributed by atoms with Gasteiger partial charge in [0.1, 0.15) is 5.01 Å². The number of aromatic nitrogens is 4. The van der Waals surface area contributed by atoms with Crippen LogP contribution in [0.1, 0.15) is 16.6 Å². The molecule has 0 spiro atoms. The Hall–Kier alpha value is -2.21. The minimum absolute atomic E-state index is 0.128. The van der Waals surface area contributed by atoms with Gasteiger partial charge in [0.15, 0.2) is 22.7 Å². The summed E-state index contributed by atoms with van der Waals surface area (Å²) in [6, 6.07) is 9.35. The molecular formula is C17H14ClN5OS2. The number of thiazole rings is 1. The van der Waals surface area contributed by atoms with Crippen LogP contribution in [0.2, 0.25) is 5.02 Å². The predicted octanol–water partition coefficient (Wildman–Crippen LogP) is 3.87. The highest BCUT2D eigenvalue weighted by atomic mass is 35.5. The van der Waals surface area contributed by atoms with Gasteiger partial charge in [-0.2, -0.15) is 5.26 Å². The fourth-order valence-electron chi connectivity index (χ4n) is 2.28. The normalized spacial score (nSPS) is 11.9. The third-order valence-corrected chi connectivity index (χ3v) is 5.94. The van der Waals surface area contributed by atoms with Crippen molar-refractivity contribution in [2.75, 3.05) is 5.75 Å². The number of thioether (sulfide) groups is 1. The molecule has 0 unspecified atom stereocenters. The maximum Gasteiger partial charge on any atom is 0.191 e. The second kappa shape index (κ2) is 7.99. The number of aryl methyl sites for hydroxylation is 1. The van der Waals surface area contributed by atoms with Crippen molar-refractivity contribution >= 4 is 40.5 Å². The largest absolute Gasteiger partial charge is 0.305 e. The van der Waals surface area contributed by atoms with Crippen LogP contribution in [0.15, 0.2) is 34.8 Å². The third-order valence-electron chi connectivity index (χ3n) is 3.62. The van der Waals surface area contributed by atoms with Crippen molar-refractivity contribution < 1.29 is 4.79 Å². The monoisotopic (exact) mass is 403 g/mol. The summed E-state index contributed by atoms with van der Waals surface area (Å²) in [5.41, 5.74) is 1.70. The molecule has 0 aliphatic carbocycles. The molecule has 1 atom stereocenters. The fraction of sp³-hybridized carbons (Fsp3) is 0.235. The quantitative estimate of drug-likeness (QED) is 0.581. The van der Waals surface area contributed by atoms with Crippen LogP contribution in [-0.4, -0.2) is 31.3 Å². The van der Waals surface area contributed by atoms with Crippen LogP contribution in [0.3, 0.4) is 0 Å². The third kappa shape index (κ3) is 3.96. The van der Waals surface area contributed by atoms with Crippen molar-refractivity contribution in [2.45, 2.75) is 18.0 Å². The smallest absolute Gasteiger partial charge is 0.191 e. The van der Waals surface area contributed by atoms with E-state index in [1.165, 1.54) is 23.1 Å². The number of rotatable bonds is 6. The number of halogens is 1. The van der Waals surface area contributed by atoms with Crippen LogP contribution < -0.4 is 0 Å². The molecule has 2 heterocycles. The maximum absolute atomic E-state index is 12.4. The number of ketones is 1. The number of nitriles is 1. The van der Waals surface area contributed by atoms with Crippen LogP contribution in [0.4, 0.5) is 0 Å². The zero-order valence-corrected chi connectivity index (χ0v) is 16.4. The molecule has 3 aromatic rings. The van der Waals surface area contributed by atoms with Gasteiger partial charge in [0, 0.05) is 28.7 Å². The molecule has 0 fully saturated rings. The maximum atomic E-state index is 12.4. The Morgan fingerprint density at radius 2 is 2.12 bits per heavy atom. The highest BCUT2D eigenvalue weighted by Gasteiger charge is 2.24. The summed E-state index contributed by atoms with van der Waals surface area (Å²) in [5, 5.41) is 21.3. The average Bonchev–Trinajstić information content (AvgIpc) is 3.21. The first-order chi connectivity index (χ1) is 12.5. The number of hydrogen-bond acceptors (Lipinski definition) is 7. The highest BCUT2D eigenvalue weighted by Crippen LogP contribution is 2.26. The van der Waals surface area contributed by atoms with Crippen molar-refractivity contribution in [1.29, 1.82) is 5.26 Å². The SMILES string of the molecule is Cc1csc([C@H](C#N)C(=O)CSc2nnc(-c3ccc(Cl)cc3)n2C)n1. The lowest BCUT2D eigenvalue weighted by molar-refractivity contribution is -0.116. The predicted molar refractivity (Wildman–Crippen MR) is 102 cm³/mol. The van der Waals surface area contributed by atoms with Crippen LogP contribution in [0, 0.1) is 18.3 Å². The van der Waals surface area contributed by atoms with E-state index in [0.717, 1.165) is 11.3 Å². The number of Topliss-reactive ketones (excluding diaryl/α,β-unsaturated/α-hetero) is 1. The van der Waals surface area contributed by atoms with Gasteiger partial charge in [-0.1, -0.05) is 23.4 Å². The molecule has 0 aliphatic rings. The standard InChI is InChI=1S/C17H14ClN5OS2/c1-10-8-25-16(20-10)13(7-19)14(24)9-26-17-22-21-15(23(17)2)11-3-5-12(18)6-4-11/h3-6,8,13H,9H2,1-2H3/t13-/m1/s1. The highest BCUT2D eigenvalue weighted by molar-refractivity contribution is 7.99. The Bertz CT molecular complexity index is 974. The molecule has 0 saturated heterocycles. The Morgan fingerprint density at radius 1 is 1.38 bits per heavy atom. The van der Waals surface area contributed by atoms with Gasteiger partial charge in [-0.15, -0.1) is 21.5 Å². The molecule has 1 aromatic carbocycles. The van der Waals surface area contributed by atoms with Gasteiger partial charge in [0.25, 0.3) is 0 Å². The summed E-state index contributed by atoms with van der Waals surface area (Å²) in [6.07, 6.45) is 0. The summed E-state index contributed by atoms with van der Waals surface area (Å²) < 4.78 is 1.82. The molecule has 0 amide bonds. The zero-order chi connectivity index (χ0) is 18.7. The second-order valence-corrected chi connectivity index (χ2v) is 7.78. The van der Waals surface area contributed by atoms with Gasteiger partial charge in [-0.3, -0.25) is 4.79 Å². The molecule has 9 heteroatoms. The summed E-state index contributed by atoms with van der Waals surface area (Å²) in [5.74, 6) is -0.222. The Kier molecular flexibility index (Phi) is 5.71. The molecule has 0 radical (unpaired) electrons. The van der Waals surface area contributed by atoms with E-state index in [1.807, 2.05) is 42.1 Å². The molecule has 6 nitrogen and oxygen atoms in total. The summed E-state index contributed by atoms with van der Waals surface area (Å²) in [6.45, 7) is 1.84. The van der Waals surface area contributed by atoms with Gasteiger partial charge in [0.05, 0.1) is 11.8 Å². The van der Waals surface area contributed by atoms with Crippen LogP contribution >= 0.6 is 34.7 Å². The average molecular weight is 404 g/mol. The van der Waals surface area contributed by atoms with Crippen molar-refractivity contribution in [1.82, 2.24) is 19.7 Å². The van der Waals surface area contributed by atoms with E-state index in [1.54, 1.807) is 12.1 Å². The van der Waals surface area contributed by atoms with Crippen LogP contribution in [0.5, 0.6) is 0 Å². The first kappa shape index (κ1) is 18.6. The molecule has 132 valence electrons. The van der Waals surface area contributed by atoms with Crippen molar-refractivity contribution in [2.24, 2.45) is 7.05 Å². The lowest BCUT2D eigenvalue weighted by Crippen LogP contribution is -2.13. The van der Waals surface area contributed by atoms with Gasteiger partial charge in [0.2, 0.25) is 0 Å². The first-order valence-corrected chi connectivity index (χ1v) is 9.86. The second-order valence-electron chi connectivity index (χ2n) is 5.52. The zero-order valence-electron chi connectivity index (χ0n) is 14.0. The van der Waals surface area contributed by atoms with E-state index in [2.05, 4.69) is 15.2 Å². The van der Waals surface area contributed by atoms with E-state index >= 15 is 0 Å². The van der Waals surface area contributed by atoms with E-state index < -0.39 is 5.92 Å². The van der Waals surface area contributed by atoms with Gasteiger partial charge < -0.3 is 4.57 Å². The van der Waals surface area contributed by atoms with E-state index in [0.29, 0.717) is 21.0 Å². The van der Waals surface area contributed by atoms with Gasteiger partial charge in [-0.25, -0.2) is 4.98 Å². The van der Waals surface area contributed by atoms with Crippen LogP contribution in [-0.2, 0) is 11.8 Å². The Labute approximate surface area is 163 Å².